The van der Waals surface area contributed by atoms with Gasteiger partial charge in [-0.3, -0.25) is 0 Å². The van der Waals surface area contributed by atoms with Gasteiger partial charge in [0.05, 0.1) is 7.11 Å². The molecule has 0 unspecified atom stereocenters. The maximum absolute atomic E-state index is 5.30. The van der Waals surface area contributed by atoms with Crippen LogP contribution in [-0.4, -0.2) is 12.6 Å². The van der Waals surface area contributed by atoms with Crippen molar-refractivity contribution in [3.8, 4) is 5.75 Å². The minimum Gasteiger partial charge on any atom is -0.496 e. The summed E-state index contributed by atoms with van der Waals surface area (Å²) in [5.41, 5.74) is 1.29. The monoisotopic (exact) mass is 271 g/mol. The Morgan fingerprint density at radius 3 is 2.53 bits per heavy atom. The first-order chi connectivity index (χ1) is 6.92. The molecule has 0 aromatic heterocycles. The molecule has 1 rings (SSSR count). The molecular weight excluding hydrogens is 254 g/mol. The van der Waals surface area contributed by atoms with Crippen LogP contribution < -0.4 is 10.1 Å². The highest BCUT2D eigenvalue weighted by Gasteiger charge is 2.10. The van der Waals surface area contributed by atoms with Crippen molar-refractivity contribution in [1.82, 2.24) is 5.32 Å². The second-order valence-electron chi connectivity index (χ2n) is 4.56. The van der Waals surface area contributed by atoms with Crippen LogP contribution in [0.15, 0.2) is 22.7 Å². The molecule has 15 heavy (non-hydrogen) atoms. The highest BCUT2D eigenvalue weighted by Crippen LogP contribution is 2.23. The standard InChI is InChI=1S/C12H18BrNO/c1-12(2,3)14-8-9-7-10(13)5-6-11(9)15-4/h5-7,14H,8H2,1-4H3. The fourth-order valence-corrected chi connectivity index (χ4v) is 1.65. The van der Waals surface area contributed by atoms with Crippen LogP contribution in [-0.2, 0) is 6.54 Å². The van der Waals surface area contributed by atoms with E-state index < -0.39 is 0 Å². The van der Waals surface area contributed by atoms with Crippen LogP contribution >= 0.6 is 15.9 Å². The summed E-state index contributed by atoms with van der Waals surface area (Å²) in [6.45, 7) is 7.26. The van der Waals surface area contributed by atoms with Crippen molar-refractivity contribution in [3.63, 3.8) is 0 Å². The van der Waals surface area contributed by atoms with Crippen molar-refractivity contribution < 1.29 is 4.74 Å². The molecule has 1 N–H and O–H groups in total. The van der Waals surface area contributed by atoms with Crippen LogP contribution in [0.1, 0.15) is 26.3 Å². The van der Waals surface area contributed by atoms with Crippen LogP contribution in [0.2, 0.25) is 0 Å². The Kier molecular flexibility index (Phi) is 4.17. The van der Waals surface area contributed by atoms with E-state index >= 15 is 0 Å². The molecule has 2 nitrogen and oxygen atoms in total. The second-order valence-corrected chi connectivity index (χ2v) is 5.48. The highest BCUT2D eigenvalue weighted by atomic mass is 79.9. The Balaban J connectivity index is 2.79. The molecule has 1 aromatic rings. The average molecular weight is 272 g/mol. The maximum Gasteiger partial charge on any atom is 0.123 e. The lowest BCUT2D eigenvalue weighted by Gasteiger charge is -2.21. The zero-order valence-electron chi connectivity index (χ0n) is 9.73. The van der Waals surface area contributed by atoms with Gasteiger partial charge in [0, 0.05) is 22.1 Å². The zero-order valence-corrected chi connectivity index (χ0v) is 11.3. The molecule has 0 saturated heterocycles. The van der Waals surface area contributed by atoms with Gasteiger partial charge in [0.2, 0.25) is 0 Å². The van der Waals surface area contributed by atoms with E-state index in [1.807, 2.05) is 12.1 Å². The van der Waals surface area contributed by atoms with E-state index in [1.54, 1.807) is 7.11 Å². The summed E-state index contributed by atoms with van der Waals surface area (Å²) in [6.07, 6.45) is 0. The van der Waals surface area contributed by atoms with Crippen molar-refractivity contribution >= 4 is 15.9 Å². The van der Waals surface area contributed by atoms with Gasteiger partial charge in [-0.25, -0.2) is 0 Å². The predicted molar refractivity (Wildman–Crippen MR) is 67.3 cm³/mol. The van der Waals surface area contributed by atoms with E-state index in [4.69, 9.17) is 4.74 Å². The summed E-state index contributed by atoms with van der Waals surface area (Å²) in [6, 6.07) is 6.04. The van der Waals surface area contributed by atoms with Gasteiger partial charge in [0.1, 0.15) is 5.75 Å². The first kappa shape index (κ1) is 12.5. The van der Waals surface area contributed by atoms with Gasteiger partial charge in [-0.05, 0) is 39.0 Å². The van der Waals surface area contributed by atoms with Crippen LogP contribution in [0, 0.1) is 0 Å². The lowest BCUT2D eigenvalue weighted by Crippen LogP contribution is -2.35. The Labute approximate surface area is 100 Å². The first-order valence-corrected chi connectivity index (χ1v) is 5.79. The third-order valence-corrected chi connectivity index (χ3v) is 2.54. The van der Waals surface area contributed by atoms with Gasteiger partial charge in [0.25, 0.3) is 0 Å². The summed E-state index contributed by atoms with van der Waals surface area (Å²) in [5.74, 6) is 0.926. The van der Waals surface area contributed by atoms with Crippen LogP contribution in [0.25, 0.3) is 0 Å². The van der Waals surface area contributed by atoms with Gasteiger partial charge in [-0.1, -0.05) is 15.9 Å². The number of methoxy groups -OCH3 is 1. The van der Waals surface area contributed by atoms with Gasteiger partial charge < -0.3 is 10.1 Å². The number of halogens is 1. The van der Waals surface area contributed by atoms with E-state index in [1.165, 1.54) is 5.56 Å². The van der Waals surface area contributed by atoms with Crippen molar-refractivity contribution in [1.29, 1.82) is 0 Å². The quantitative estimate of drug-likeness (QED) is 0.911. The fraction of sp³-hybridized carbons (Fsp3) is 0.500. The van der Waals surface area contributed by atoms with E-state index in [0.717, 1.165) is 16.8 Å². The molecule has 84 valence electrons. The summed E-state index contributed by atoms with van der Waals surface area (Å²) < 4.78 is 6.38. The van der Waals surface area contributed by atoms with E-state index in [9.17, 15) is 0 Å². The summed E-state index contributed by atoms with van der Waals surface area (Å²) >= 11 is 3.46. The summed E-state index contributed by atoms with van der Waals surface area (Å²) in [4.78, 5) is 0. The molecule has 0 saturated carbocycles. The second kappa shape index (κ2) is 4.99. The molecule has 0 fully saturated rings. The van der Waals surface area contributed by atoms with E-state index in [0.29, 0.717) is 0 Å². The number of nitrogens with one attached hydrogen (secondary N) is 1. The minimum absolute atomic E-state index is 0.118. The van der Waals surface area contributed by atoms with Crippen molar-refractivity contribution in [2.45, 2.75) is 32.9 Å². The molecule has 0 radical (unpaired) electrons. The Hall–Kier alpha value is -0.540. The topological polar surface area (TPSA) is 21.3 Å². The molecule has 0 bridgehead atoms. The van der Waals surface area contributed by atoms with Crippen molar-refractivity contribution in [2.24, 2.45) is 0 Å². The molecule has 0 spiro atoms. The lowest BCUT2D eigenvalue weighted by molar-refractivity contribution is 0.392. The number of hydrogen-bond donors (Lipinski definition) is 1. The van der Waals surface area contributed by atoms with E-state index in [-0.39, 0.29) is 5.54 Å². The van der Waals surface area contributed by atoms with Gasteiger partial charge in [-0.2, -0.15) is 0 Å². The zero-order chi connectivity index (χ0) is 11.5. The third kappa shape index (κ3) is 4.22. The molecule has 0 aliphatic rings. The largest absolute Gasteiger partial charge is 0.496 e. The number of hydrogen-bond acceptors (Lipinski definition) is 2. The number of rotatable bonds is 3. The Morgan fingerprint density at radius 2 is 2.00 bits per heavy atom. The summed E-state index contributed by atoms with van der Waals surface area (Å²) in [5, 5.41) is 3.44. The van der Waals surface area contributed by atoms with Gasteiger partial charge in [-0.15, -0.1) is 0 Å². The van der Waals surface area contributed by atoms with E-state index in [2.05, 4.69) is 48.1 Å². The van der Waals surface area contributed by atoms with Crippen molar-refractivity contribution in [2.75, 3.05) is 7.11 Å². The molecule has 0 atom stereocenters. The number of ether oxygens (including phenoxy) is 1. The smallest absolute Gasteiger partial charge is 0.123 e. The highest BCUT2D eigenvalue weighted by molar-refractivity contribution is 9.10. The minimum atomic E-state index is 0.118. The normalized spacial score (nSPS) is 11.5. The average Bonchev–Trinajstić information content (AvgIpc) is 2.14. The molecular formula is C12H18BrNO. The SMILES string of the molecule is COc1ccc(Br)cc1CNC(C)(C)C. The summed E-state index contributed by atoms with van der Waals surface area (Å²) in [7, 11) is 1.70. The molecule has 1 aromatic carbocycles. The van der Waals surface area contributed by atoms with Gasteiger partial charge >= 0.3 is 0 Å². The lowest BCUT2D eigenvalue weighted by atomic mass is 10.1. The number of benzene rings is 1. The van der Waals surface area contributed by atoms with Crippen LogP contribution in [0.4, 0.5) is 0 Å². The van der Waals surface area contributed by atoms with Gasteiger partial charge in [0.15, 0.2) is 0 Å². The molecule has 3 heteroatoms. The van der Waals surface area contributed by atoms with Crippen LogP contribution in [0.3, 0.4) is 0 Å². The molecule has 0 aliphatic heterocycles. The van der Waals surface area contributed by atoms with Crippen LogP contribution in [0.5, 0.6) is 5.75 Å². The first-order valence-electron chi connectivity index (χ1n) is 5.00. The Bertz CT molecular complexity index is 331. The molecule has 0 amide bonds. The Morgan fingerprint density at radius 1 is 1.33 bits per heavy atom. The fourth-order valence-electron chi connectivity index (χ4n) is 1.25. The van der Waals surface area contributed by atoms with Crippen molar-refractivity contribution in [3.05, 3.63) is 28.2 Å². The predicted octanol–water partition coefficient (Wildman–Crippen LogP) is 3.35. The maximum atomic E-state index is 5.30. The third-order valence-electron chi connectivity index (χ3n) is 2.05. The molecule has 0 heterocycles. The molecule has 0 aliphatic carbocycles.